The smallest absolute Gasteiger partial charge is 0.258 e. The molecule has 1 amide bonds. The number of hydrogen-bond acceptors (Lipinski definition) is 4. The van der Waals surface area contributed by atoms with Crippen LogP contribution in [0.5, 0.6) is 5.75 Å². The van der Waals surface area contributed by atoms with Crippen LogP contribution in [0.2, 0.25) is 0 Å². The lowest BCUT2D eigenvalue weighted by Crippen LogP contribution is -2.30. The van der Waals surface area contributed by atoms with Gasteiger partial charge in [0.05, 0.1) is 30.3 Å². The van der Waals surface area contributed by atoms with Crippen LogP contribution in [-0.2, 0) is 6.42 Å². The van der Waals surface area contributed by atoms with Crippen molar-refractivity contribution >= 4 is 23.1 Å². The number of anilines is 1. The number of amides is 1. The number of nitrogens with zero attached hydrogens (tertiary/aromatic N) is 1. The first kappa shape index (κ1) is 24.2. The highest BCUT2D eigenvalue weighted by atomic mass is 19.2. The summed E-state index contributed by atoms with van der Waals surface area (Å²) < 4.78 is 46.0. The van der Waals surface area contributed by atoms with Crippen molar-refractivity contribution in [1.29, 1.82) is 0 Å². The first-order valence-corrected chi connectivity index (χ1v) is 10.9. The van der Waals surface area contributed by atoms with Gasteiger partial charge in [0.1, 0.15) is 5.75 Å². The minimum Gasteiger partial charge on any atom is -0.497 e. The van der Waals surface area contributed by atoms with Crippen LogP contribution >= 0.6 is 0 Å². The summed E-state index contributed by atoms with van der Waals surface area (Å²) in [4.78, 5) is 30.4. The average Bonchev–Trinajstić information content (AvgIpc) is 2.81. The highest BCUT2D eigenvalue weighted by Crippen LogP contribution is 2.31. The van der Waals surface area contributed by atoms with Gasteiger partial charge in [0.25, 0.3) is 5.91 Å². The van der Waals surface area contributed by atoms with E-state index < -0.39 is 28.9 Å². The van der Waals surface area contributed by atoms with E-state index in [1.54, 1.807) is 19.2 Å². The number of ketones is 1. The second-order valence-corrected chi connectivity index (χ2v) is 8.93. The summed E-state index contributed by atoms with van der Waals surface area (Å²) in [5.41, 5.74) is 2.06. The molecule has 1 aliphatic heterocycles. The van der Waals surface area contributed by atoms with Gasteiger partial charge in [0.15, 0.2) is 23.2 Å². The predicted molar refractivity (Wildman–Crippen MR) is 127 cm³/mol. The molecule has 8 heteroatoms. The van der Waals surface area contributed by atoms with Gasteiger partial charge in [-0.3, -0.25) is 14.6 Å². The normalized spacial score (nSPS) is 14.1. The van der Waals surface area contributed by atoms with Crippen LogP contribution in [0.15, 0.2) is 59.6 Å². The van der Waals surface area contributed by atoms with E-state index in [-0.39, 0.29) is 23.4 Å². The van der Waals surface area contributed by atoms with E-state index in [1.165, 1.54) is 12.1 Å². The Morgan fingerprint density at radius 2 is 1.80 bits per heavy atom. The second-order valence-electron chi connectivity index (χ2n) is 8.93. The summed E-state index contributed by atoms with van der Waals surface area (Å²) in [5.74, 6) is -5.23. The molecule has 3 aromatic carbocycles. The van der Waals surface area contributed by atoms with Gasteiger partial charge in [-0.1, -0.05) is 18.2 Å². The molecule has 0 atom stereocenters. The molecule has 0 aromatic heterocycles. The standard InChI is InChI=1S/C27H23F3N2O3/c1-27(2)14-16-7-8-18(35-3)12-20(16)22(32-27)13-23(33)15-5-4-6-17(11-15)31-26(34)19-9-10-21(28)25(30)24(19)29/h4-12H,13-14H2,1-3H3,(H,31,34). The Morgan fingerprint density at radius 3 is 2.54 bits per heavy atom. The third kappa shape index (κ3) is 5.11. The first-order valence-electron chi connectivity index (χ1n) is 10.9. The van der Waals surface area contributed by atoms with Crippen molar-refractivity contribution in [3.63, 3.8) is 0 Å². The van der Waals surface area contributed by atoms with Crippen molar-refractivity contribution in [3.8, 4) is 5.75 Å². The van der Waals surface area contributed by atoms with Crippen molar-refractivity contribution in [2.45, 2.75) is 32.2 Å². The maximum Gasteiger partial charge on any atom is 0.258 e. The van der Waals surface area contributed by atoms with E-state index in [0.29, 0.717) is 23.1 Å². The zero-order chi connectivity index (χ0) is 25.3. The highest BCUT2D eigenvalue weighted by molar-refractivity contribution is 6.17. The van der Waals surface area contributed by atoms with E-state index in [2.05, 4.69) is 5.32 Å². The number of carbonyl (C=O) groups is 2. The second kappa shape index (κ2) is 9.37. The number of carbonyl (C=O) groups excluding carboxylic acids is 2. The molecule has 4 rings (SSSR count). The fraction of sp³-hybridized carbons (Fsp3) is 0.222. The molecule has 180 valence electrons. The number of fused-ring (bicyclic) bond motifs is 1. The topological polar surface area (TPSA) is 67.8 Å². The largest absolute Gasteiger partial charge is 0.497 e. The minimum atomic E-state index is -1.73. The summed E-state index contributed by atoms with van der Waals surface area (Å²) >= 11 is 0. The number of halogens is 3. The summed E-state index contributed by atoms with van der Waals surface area (Å²) in [6, 6.07) is 13.4. The van der Waals surface area contributed by atoms with Crippen molar-refractivity contribution in [1.82, 2.24) is 0 Å². The van der Waals surface area contributed by atoms with Crippen molar-refractivity contribution < 1.29 is 27.5 Å². The molecule has 0 saturated heterocycles. The number of methoxy groups -OCH3 is 1. The number of benzene rings is 3. The molecule has 0 radical (unpaired) electrons. The van der Waals surface area contributed by atoms with Gasteiger partial charge in [-0.15, -0.1) is 0 Å². The minimum absolute atomic E-state index is 0.0266. The maximum absolute atomic E-state index is 14.0. The van der Waals surface area contributed by atoms with Crippen LogP contribution in [0.25, 0.3) is 0 Å². The molecule has 35 heavy (non-hydrogen) atoms. The van der Waals surface area contributed by atoms with E-state index in [0.717, 1.165) is 23.6 Å². The third-order valence-electron chi connectivity index (χ3n) is 5.74. The molecule has 1 N–H and O–H groups in total. The van der Waals surface area contributed by atoms with Gasteiger partial charge < -0.3 is 10.1 Å². The Balaban J connectivity index is 1.56. The molecule has 3 aromatic rings. The Hall–Kier alpha value is -3.94. The number of ether oxygens (including phenoxy) is 1. The summed E-state index contributed by atoms with van der Waals surface area (Å²) in [7, 11) is 1.57. The van der Waals surface area contributed by atoms with Gasteiger partial charge in [0, 0.05) is 16.8 Å². The Kier molecular flexibility index (Phi) is 6.47. The quantitative estimate of drug-likeness (QED) is 0.360. The fourth-order valence-corrected chi connectivity index (χ4v) is 4.10. The monoisotopic (exact) mass is 480 g/mol. The number of Topliss-reactive ketones (excluding diaryl/α,β-unsaturated/α-hetero) is 1. The summed E-state index contributed by atoms with van der Waals surface area (Å²) in [5, 5.41) is 2.42. The van der Waals surface area contributed by atoms with Crippen LogP contribution < -0.4 is 10.1 Å². The number of aliphatic imine (C=N–C) groups is 1. The average molecular weight is 480 g/mol. The van der Waals surface area contributed by atoms with E-state index in [9.17, 15) is 22.8 Å². The highest BCUT2D eigenvalue weighted by Gasteiger charge is 2.28. The molecule has 1 heterocycles. The van der Waals surface area contributed by atoms with Crippen LogP contribution in [-0.4, -0.2) is 30.1 Å². The zero-order valence-corrected chi connectivity index (χ0v) is 19.4. The van der Waals surface area contributed by atoms with Crippen LogP contribution in [0.4, 0.5) is 18.9 Å². The van der Waals surface area contributed by atoms with Crippen molar-refractivity contribution in [2.24, 2.45) is 4.99 Å². The molecule has 0 bridgehead atoms. The molecule has 0 unspecified atom stereocenters. The van der Waals surface area contributed by atoms with Gasteiger partial charge in [0.2, 0.25) is 0 Å². The lowest BCUT2D eigenvalue weighted by molar-refractivity contribution is 0.0995. The van der Waals surface area contributed by atoms with Gasteiger partial charge in [-0.25, -0.2) is 13.2 Å². The van der Waals surface area contributed by atoms with Crippen molar-refractivity contribution in [2.75, 3.05) is 12.4 Å². The fourth-order valence-electron chi connectivity index (χ4n) is 4.10. The molecule has 1 aliphatic rings. The number of hydrogen-bond donors (Lipinski definition) is 1. The van der Waals surface area contributed by atoms with Crippen LogP contribution in [0.1, 0.15) is 52.1 Å². The van der Waals surface area contributed by atoms with Crippen LogP contribution in [0.3, 0.4) is 0 Å². The van der Waals surface area contributed by atoms with Gasteiger partial charge in [-0.05, 0) is 62.2 Å². The number of nitrogens with one attached hydrogen (secondary N) is 1. The SMILES string of the molecule is COc1ccc2c(c1)C(CC(=O)c1cccc(NC(=O)c3ccc(F)c(F)c3F)c1)=NC(C)(C)C2. The molecular weight excluding hydrogens is 457 g/mol. The molecule has 5 nitrogen and oxygen atoms in total. The Labute approximate surface area is 200 Å². The molecule has 0 aliphatic carbocycles. The molecule has 0 spiro atoms. The third-order valence-corrected chi connectivity index (χ3v) is 5.74. The van der Waals surface area contributed by atoms with Gasteiger partial charge >= 0.3 is 0 Å². The van der Waals surface area contributed by atoms with Gasteiger partial charge in [-0.2, -0.15) is 0 Å². The van der Waals surface area contributed by atoms with E-state index in [1.807, 2.05) is 32.0 Å². The predicted octanol–water partition coefficient (Wildman–Crippen LogP) is 5.76. The first-order chi connectivity index (χ1) is 16.6. The lowest BCUT2D eigenvalue weighted by atomic mass is 9.85. The Morgan fingerprint density at radius 1 is 1.03 bits per heavy atom. The van der Waals surface area contributed by atoms with E-state index in [4.69, 9.17) is 9.73 Å². The molecular formula is C27H23F3N2O3. The summed E-state index contributed by atoms with van der Waals surface area (Å²) in [6.07, 6.45) is 0.755. The van der Waals surface area contributed by atoms with Crippen LogP contribution in [0, 0.1) is 17.5 Å². The maximum atomic E-state index is 14.0. The van der Waals surface area contributed by atoms with E-state index >= 15 is 0 Å². The zero-order valence-electron chi connectivity index (χ0n) is 19.4. The Bertz CT molecular complexity index is 1370. The number of rotatable bonds is 6. The molecule has 0 fully saturated rings. The van der Waals surface area contributed by atoms with Crippen molar-refractivity contribution in [3.05, 3.63) is 94.3 Å². The molecule has 0 saturated carbocycles. The summed E-state index contributed by atoms with van der Waals surface area (Å²) in [6.45, 7) is 4.00. The lowest BCUT2D eigenvalue weighted by Gasteiger charge is -2.29.